The van der Waals surface area contributed by atoms with Gasteiger partial charge in [-0.3, -0.25) is 14.4 Å². The van der Waals surface area contributed by atoms with Crippen molar-refractivity contribution in [3.63, 3.8) is 0 Å². The third-order valence-electron chi connectivity index (χ3n) is 6.32. The molecule has 2 N–H and O–H groups in total. The molecule has 4 aromatic rings. The van der Waals surface area contributed by atoms with E-state index in [9.17, 15) is 14.4 Å². The van der Waals surface area contributed by atoms with Crippen molar-refractivity contribution >= 4 is 62.4 Å². The molecule has 200 valence electrons. The molecule has 3 aromatic carbocycles. The van der Waals surface area contributed by atoms with Gasteiger partial charge in [0.25, 0.3) is 11.8 Å². The highest BCUT2D eigenvalue weighted by molar-refractivity contribution is 8.01. The zero-order valence-corrected chi connectivity index (χ0v) is 23.3. The number of nitrogens with zero attached hydrogens (tertiary/aromatic N) is 2. The van der Waals surface area contributed by atoms with Crippen molar-refractivity contribution in [3.8, 4) is 0 Å². The molecular weight excluding hydrogens is 532 g/mol. The standard InChI is InChI=1S/C29H28N4O4S2/c1-18-7-8-19(2)24(15-18)31-26(34)17-38-29-32-23-10-9-20(16-25(23)39-29)30-27(35)21-5-3-4-6-22(21)28(36)33-11-13-37-14-12-33/h3-10,15-16H,11-14,17H2,1-2H3,(H,30,35)(H,31,34). The van der Waals surface area contributed by atoms with Gasteiger partial charge in [0, 0.05) is 24.5 Å². The van der Waals surface area contributed by atoms with Crippen LogP contribution in [0.25, 0.3) is 10.2 Å². The minimum atomic E-state index is -0.353. The first-order valence-corrected chi connectivity index (χ1v) is 14.4. The molecule has 0 spiro atoms. The summed E-state index contributed by atoms with van der Waals surface area (Å²) in [6, 6.07) is 18.3. The lowest BCUT2D eigenvalue weighted by Gasteiger charge is -2.27. The fourth-order valence-electron chi connectivity index (χ4n) is 4.23. The van der Waals surface area contributed by atoms with Crippen LogP contribution in [0.5, 0.6) is 0 Å². The zero-order chi connectivity index (χ0) is 27.4. The summed E-state index contributed by atoms with van der Waals surface area (Å²) >= 11 is 2.84. The van der Waals surface area contributed by atoms with Crippen LogP contribution >= 0.6 is 23.1 Å². The number of nitrogens with one attached hydrogen (secondary N) is 2. The molecule has 2 heterocycles. The summed E-state index contributed by atoms with van der Waals surface area (Å²) in [5.74, 6) is -0.379. The first kappa shape index (κ1) is 26.9. The normalized spacial score (nSPS) is 13.3. The highest BCUT2D eigenvalue weighted by atomic mass is 32.2. The third-order valence-corrected chi connectivity index (χ3v) is 8.48. The maximum Gasteiger partial charge on any atom is 0.256 e. The van der Waals surface area contributed by atoms with Gasteiger partial charge in [-0.2, -0.15) is 0 Å². The van der Waals surface area contributed by atoms with E-state index in [4.69, 9.17) is 4.74 Å². The molecule has 0 aliphatic carbocycles. The van der Waals surface area contributed by atoms with Crippen LogP contribution in [0.3, 0.4) is 0 Å². The van der Waals surface area contributed by atoms with Crippen LogP contribution in [0.15, 0.2) is 65.0 Å². The monoisotopic (exact) mass is 560 g/mol. The summed E-state index contributed by atoms with van der Waals surface area (Å²) in [6.45, 7) is 5.95. The van der Waals surface area contributed by atoms with Gasteiger partial charge >= 0.3 is 0 Å². The Morgan fingerprint density at radius 3 is 2.54 bits per heavy atom. The van der Waals surface area contributed by atoms with E-state index in [1.807, 2.05) is 44.2 Å². The zero-order valence-electron chi connectivity index (χ0n) is 21.7. The predicted octanol–water partition coefficient (Wildman–Crippen LogP) is 5.37. The van der Waals surface area contributed by atoms with E-state index in [-0.39, 0.29) is 23.5 Å². The number of hydrogen-bond acceptors (Lipinski definition) is 7. The van der Waals surface area contributed by atoms with Crippen LogP contribution in [0, 0.1) is 13.8 Å². The second-order valence-electron chi connectivity index (χ2n) is 9.22. The molecule has 1 fully saturated rings. The molecule has 0 saturated carbocycles. The summed E-state index contributed by atoms with van der Waals surface area (Å²) in [7, 11) is 0. The first-order chi connectivity index (χ1) is 18.9. The van der Waals surface area contributed by atoms with Crippen molar-refractivity contribution in [1.82, 2.24) is 9.88 Å². The van der Waals surface area contributed by atoms with Gasteiger partial charge in [-0.25, -0.2) is 4.98 Å². The minimum Gasteiger partial charge on any atom is -0.378 e. The van der Waals surface area contributed by atoms with Crippen LogP contribution in [-0.4, -0.2) is 59.7 Å². The lowest BCUT2D eigenvalue weighted by atomic mass is 10.0. The molecule has 1 saturated heterocycles. The van der Waals surface area contributed by atoms with Crippen molar-refractivity contribution in [2.45, 2.75) is 18.2 Å². The quantitative estimate of drug-likeness (QED) is 0.295. The number of hydrogen-bond donors (Lipinski definition) is 2. The van der Waals surface area contributed by atoms with Crippen LogP contribution in [0.2, 0.25) is 0 Å². The molecular formula is C29H28N4O4S2. The van der Waals surface area contributed by atoms with Gasteiger partial charge in [-0.05, 0) is 61.4 Å². The molecule has 8 nitrogen and oxygen atoms in total. The maximum absolute atomic E-state index is 13.2. The first-order valence-electron chi connectivity index (χ1n) is 12.6. The van der Waals surface area contributed by atoms with Crippen LogP contribution in [0.4, 0.5) is 11.4 Å². The van der Waals surface area contributed by atoms with E-state index >= 15 is 0 Å². The number of rotatable bonds is 7. The molecule has 3 amide bonds. The Hall–Kier alpha value is -3.73. The second-order valence-corrected chi connectivity index (χ2v) is 11.5. The minimum absolute atomic E-state index is 0.0915. The Kier molecular flexibility index (Phi) is 8.25. The van der Waals surface area contributed by atoms with Gasteiger partial charge in [0.15, 0.2) is 4.34 Å². The number of aromatic nitrogens is 1. The number of fused-ring (bicyclic) bond motifs is 1. The molecule has 0 radical (unpaired) electrons. The predicted molar refractivity (Wildman–Crippen MR) is 156 cm³/mol. The van der Waals surface area contributed by atoms with Crippen LogP contribution < -0.4 is 10.6 Å². The molecule has 1 aromatic heterocycles. The summed E-state index contributed by atoms with van der Waals surface area (Å²) in [5, 5.41) is 5.89. The molecule has 1 aliphatic heterocycles. The lowest BCUT2D eigenvalue weighted by molar-refractivity contribution is -0.113. The Balaban J connectivity index is 1.24. The number of carbonyl (C=O) groups is 3. The van der Waals surface area contributed by atoms with E-state index in [1.165, 1.54) is 23.1 Å². The number of benzene rings is 3. The number of anilines is 2. The Morgan fingerprint density at radius 2 is 1.74 bits per heavy atom. The number of morpholine rings is 1. The second kappa shape index (κ2) is 12.0. The number of aryl methyl sites for hydroxylation is 2. The summed E-state index contributed by atoms with van der Waals surface area (Å²) in [6.07, 6.45) is 0. The number of amides is 3. The van der Waals surface area contributed by atoms with E-state index < -0.39 is 0 Å². The highest BCUT2D eigenvalue weighted by Gasteiger charge is 2.23. The topological polar surface area (TPSA) is 101 Å². The van der Waals surface area contributed by atoms with Gasteiger partial charge < -0.3 is 20.3 Å². The fraction of sp³-hybridized carbons (Fsp3) is 0.241. The summed E-state index contributed by atoms with van der Waals surface area (Å²) < 4.78 is 7.00. The Bertz CT molecular complexity index is 1550. The molecule has 5 rings (SSSR count). The third kappa shape index (κ3) is 6.47. The molecule has 10 heteroatoms. The summed E-state index contributed by atoms with van der Waals surface area (Å²) in [4.78, 5) is 45.1. The maximum atomic E-state index is 13.2. The summed E-state index contributed by atoms with van der Waals surface area (Å²) in [5.41, 5.74) is 5.01. The average Bonchev–Trinajstić information content (AvgIpc) is 3.36. The van der Waals surface area contributed by atoms with Crippen molar-refractivity contribution in [2.24, 2.45) is 0 Å². The average molecular weight is 561 g/mol. The number of thiazole rings is 1. The van der Waals surface area contributed by atoms with Crippen LogP contribution in [0.1, 0.15) is 31.8 Å². The van der Waals surface area contributed by atoms with Gasteiger partial charge in [-0.15, -0.1) is 11.3 Å². The molecule has 1 aliphatic rings. The van der Waals surface area contributed by atoms with Gasteiger partial charge in [0.05, 0.1) is 40.3 Å². The van der Waals surface area contributed by atoms with Gasteiger partial charge in [0.1, 0.15) is 0 Å². The number of thioether (sulfide) groups is 1. The lowest BCUT2D eigenvalue weighted by Crippen LogP contribution is -2.41. The van der Waals surface area contributed by atoms with Gasteiger partial charge in [-0.1, -0.05) is 36.0 Å². The highest BCUT2D eigenvalue weighted by Crippen LogP contribution is 2.32. The SMILES string of the molecule is Cc1ccc(C)c(NC(=O)CSc2nc3ccc(NC(=O)c4ccccc4C(=O)N4CCOCC4)cc3s2)c1. The van der Waals surface area contributed by atoms with Crippen molar-refractivity contribution in [2.75, 3.05) is 42.7 Å². The molecule has 0 bridgehead atoms. The van der Waals surface area contributed by atoms with E-state index in [1.54, 1.807) is 35.2 Å². The Morgan fingerprint density at radius 1 is 0.974 bits per heavy atom. The molecule has 39 heavy (non-hydrogen) atoms. The van der Waals surface area contributed by atoms with Crippen molar-refractivity contribution in [3.05, 3.63) is 82.9 Å². The smallest absolute Gasteiger partial charge is 0.256 e. The fourth-order valence-corrected chi connectivity index (χ4v) is 6.14. The Labute approximate surface area is 234 Å². The number of carbonyl (C=O) groups excluding carboxylic acids is 3. The molecule has 0 unspecified atom stereocenters. The van der Waals surface area contributed by atoms with E-state index in [0.29, 0.717) is 43.1 Å². The molecule has 0 atom stereocenters. The van der Waals surface area contributed by atoms with Crippen LogP contribution in [-0.2, 0) is 9.53 Å². The largest absolute Gasteiger partial charge is 0.378 e. The van der Waals surface area contributed by atoms with Crippen molar-refractivity contribution < 1.29 is 19.1 Å². The van der Waals surface area contributed by atoms with Gasteiger partial charge in [0.2, 0.25) is 5.91 Å². The van der Waals surface area contributed by atoms with Crippen molar-refractivity contribution in [1.29, 1.82) is 0 Å². The van der Waals surface area contributed by atoms with E-state index in [2.05, 4.69) is 15.6 Å². The number of ether oxygens (including phenoxy) is 1. The van der Waals surface area contributed by atoms with E-state index in [0.717, 1.165) is 31.4 Å².